The third-order valence-electron chi connectivity index (χ3n) is 4.43. The van der Waals surface area contributed by atoms with Crippen LogP contribution in [0.5, 0.6) is 0 Å². The van der Waals surface area contributed by atoms with Crippen molar-refractivity contribution in [3.05, 3.63) is 0 Å². The van der Waals surface area contributed by atoms with Gasteiger partial charge in [-0.15, -0.1) is 0 Å². The minimum Gasteiger partial charge on any atom is -0.481 e. The summed E-state index contributed by atoms with van der Waals surface area (Å²) in [7, 11) is 0. The normalized spacial score (nSPS) is 26.4. The number of carboxylic acid groups (broad SMARTS) is 1. The Kier molecular flexibility index (Phi) is 4.86. The summed E-state index contributed by atoms with van der Waals surface area (Å²) in [5.41, 5.74) is 0. The van der Waals surface area contributed by atoms with Crippen molar-refractivity contribution in [3.8, 4) is 0 Å². The van der Waals surface area contributed by atoms with Crippen molar-refractivity contribution >= 4 is 12.0 Å². The summed E-state index contributed by atoms with van der Waals surface area (Å²) in [6.07, 6.45) is 2.39. The summed E-state index contributed by atoms with van der Waals surface area (Å²) in [5, 5.41) is 8.77. The zero-order valence-electron chi connectivity index (χ0n) is 12.4. The first kappa shape index (κ1) is 15.1. The Balaban J connectivity index is 1.97. The lowest BCUT2D eigenvalue weighted by Gasteiger charge is -2.43. The number of rotatable bonds is 4. The molecular formula is C14H25N3O3. The highest BCUT2D eigenvalue weighted by Gasteiger charge is 2.37. The lowest BCUT2D eigenvalue weighted by Crippen LogP contribution is -2.59. The van der Waals surface area contributed by atoms with Gasteiger partial charge < -0.3 is 14.9 Å². The van der Waals surface area contributed by atoms with Crippen LogP contribution in [-0.4, -0.2) is 76.6 Å². The van der Waals surface area contributed by atoms with E-state index in [0.29, 0.717) is 19.1 Å². The molecule has 114 valence electrons. The molecule has 2 aliphatic heterocycles. The molecule has 2 saturated heterocycles. The molecule has 0 radical (unpaired) electrons. The van der Waals surface area contributed by atoms with Gasteiger partial charge in [0.1, 0.15) is 0 Å². The SMILES string of the molecule is CCN(CCC(=O)O)C(=O)N1CC2CCCN2CC1C. The van der Waals surface area contributed by atoms with Crippen LogP contribution in [0.3, 0.4) is 0 Å². The van der Waals surface area contributed by atoms with Gasteiger partial charge in [-0.3, -0.25) is 9.69 Å². The first-order valence-corrected chi connectivity index (χ1v) is 7.54. The maximum Gasteiger partial charge on any atom is 0.320 e. The number of carbonyl (C=O) groups is 2. The van der Waals surface area contributed by atoms with Gasteiger partial charge in [0.05, 0.1) is 6.42 Å². The van der Waals surface area contributed by atoms with Crippen LogP contribution < -0.4 is 0 Å². The molecule has 20 heavy (non-hydrogen) atoms. The standard InChI is InChI=1S/C14H25N3O3/c1-3-15(8-6-13(18)19)14(20)17-10-12-5-4-7-16(12)9-11(17)2/h11-12H,3-10H2,1-2H3,(H,18,19). The van der Waals surface area contributed by atoms with E-state index in [4.69, 9.17) is 5.11 Å². The summed E-state index contributed by atoms with van der Waals surface area (Å²) in [4.78, 5) is 29.3. The predicted molar refractivity (Wildman–Crippen MR) is 75.7 cm³/mol. The molecule has 1 N–H and O–H groups in total. The van der Waals surface area contributed by atoms with Gasteiger partial charge in [0.25, 0.3) is 0 Å². The Hall–Kier alpha value is -1.30. The molecule has 2 rings (SSSR count). The molecule has 6 nitrogen and oxygen atoms in total. The van der Waals surface area contributed by atoms with Gasteiger partial charge in [0.15, 0.2) is 0 Å². The van der Waals surface area contributed by atoms with Gasteiger partial charge in [0, 0.05) is 38.3 Å². The molecule has 2 aliphatic rings. The van der Waals surface area contributed by atoms with Crippen molar-refractivity contribution in [2.45, 2.75) is 45.2 Å². The molecule has 0 aliphatic carbocycles. The van der Waals surface area contributed by atoms with E-state index in [0.717, 1.165) is 26.1 Å². The van der Waals surface area contributed by atoms with E-state index < -0.39 is 5.97 Å². The number of carboxylic acids is 1. The zero-order valence-corrected chi connectivity index (χ0v) is 12.4. The van der Waals surface area contributed by atoms with Gasteiger partial charge in [-0.2, -0.15) is 0 Å². The van der Waals surface area contributed by atoms with Gasteiger partial charge in [-0.05, 0) is 33.2 Å². The highest BCUT2D eigenvalue weighted by molar-refractivity contribution is 5.76. The summed E-state index contributed by atoms with van der Waals surface area (Å²) in [6, 6.07) is 0.692. The number of nitrogens with zero attached hydrogens (tertiary/aromatic N) is 3. The maximum absolute atomic E-state index is 12.6. The monoisotopic (exact) mass is 283 g/mol. The summed E-state index contributed by atoms with van der Waals surface area (Å²) < 4.78 is 0. The maximum atomic E-state index is 12.6. The van der Waals surface area contributed by atoms with Crippen molar-refractivity contribution in [3.63, 3.8) is 0 Å². The lowest BCUT2D eigenvalue weighted by molar-refractivity contribution is -0.137. The quantitative estimate of drug-likeness (QED) is 0.838. The Morgan fingerprint density at radius 3 is 2.75 bits per heavy atom. The van der Waals surface area contributed by atoms with Crippen LogP contribution in [0.2, 0.25) is 0 Å². The topological polar surface area (TPSA) is 64.1 Å². The average Bonchev–Trinajstić information content (AvgIpc) is 2.84. The third-order valence-corrected chi connectivity index (χ3v) is 4.43. The molecule has 0 aromatic heterocycles. The first-order chi connectivity index (χ1) is 9.52. The van der Waals surface area contributed by atoms with Crippen LogP contribution in [0.1, 0.15) is 33.1 Å². The molecule has 2 atom stereocenters. The number of piperazine rings is 1. The average molecular weight is 283 g/mol. The largest absolute Gasteiger partial charge is 0.481 e. The summed E-state index contributed by atoms with van der Waals surface area (Å²) >= 11 is 0. The minimum absolute atomic E-state index is 0.00667. The number of urea groups is 1. The van der Waals surface area contributed by atoms with Gasteiger partial charge in [-0.25, -0.2) is 4.79 Å². The Bertz CT molecular complexity index is 375. The van der Waals surface area contributed by atoms with E-state index in [1.807, 2.05) is 11.8 Å². The van der Waals surface area contributed by atoms with Crippen molar-refractivity contribution in [1.29, 1.82) is 0 Å². The number of amides is 2. The molecule has 2 unspecified atom stereocenters. The molecule has 2 amide bonds. The van der Waals surface area contributed by atoms with Gasteiger partial charge >= 0.3 is 12.0 Å². The molecular weight excluding hydrogens is 258 g/mol. The van der Waals surface area contributed by atoms with Crippen molar-refractivity contribution in [2.24, 2.45) is 0 Å². The Labute approximate surface area is 120 Å². The van der Waals surface area contributed by atoms with Crippen molar-refractivity contribution in [1.82, 2.24) is 14.7 Å². The molecule has 0 saturated carbocycles. The highest BCUT2D eigenvalue weighted by atomic mass is 16.4. The molecule has 6 heteroatoms. The molecule has 0 aromatic rings. The molecule has 0 aromatic carbocycles. The number of carbonyl (C=O) groups excluding carboxylic acids is 1. The molecule has 2 fully saturated rings. The number of hydrogen-bond donors (Lipinski definition) is 1. The van der Waals surface area contributed by atoms with E-state index in [-0.39, 0.29) is 18.5 Å². The molecule has 0 spiro atoms. The van der Waals surface area contributed by atoms with Crippen LogP contribution in [0.15, 0.2) is 0 Å². The van der Waals surface area contributed by atoms with Crippen LogP contribution in [-0.2, 0) is 4.79 Å². The van der Waals surface area contributed by atoms with Crippen LogP contribution in [0, 0.1) is 0 Å². The third kappa shape index (κ3) is 3.23. The van der Waals surface area contributed by atoms with Crippen LogP contribution >= 0.6 is 0 Å². The fourth-order valence-corrected chi connectivity index (χ4v) is 3.26. The highest BCUT2D eigenvalue weighted by Crippen LogP contribution is 2.25. The van der Waals surface area contributed by atoms with E-state index >= 15 is 0 Å². The van der Waals surface area contributed by atoms with E-state index in [1.54, 1.807) is 4.90 Å². The first-order valence-electron chi connectivity index (χ1n) is 7.54. The van der Waals surface area contributed by atoms with Gasteiger partial charge in [0.2, 0.25) is 0 Å². The smallest absolute Gasteiger partial charge is 0.320 e. The van der Waals surface area contributed by atoms with E-state index in [2.05, 4.69) is 11.8 Å². The van der Waals surface area contributed by atoms with Crippen molar-refractivity contribution in [2.75, 3.05) is 32.7 Å². The minimum atomic E-state index is -0.857. The Morgan fingerprint density at radius 2 is 2.10 bits per heavy atom. The van der Waals surface area contributed by atoms with Gasteiger partial charge in [-0.1, -0.05) is 0 Å². The number of fused-ring (bicyclic) bond motifs is 1. The second kappa shape index (κ2) is 6.43. The summed E-state index contributed by atoms with van der Waals surface area (Å²) in [5.74, 6) is -0.857. The molecule has 2 heterocycles. The second-order valence-corrected chi connectivity index (χ2v) is 5.80. The number of hydrogen-bond acceptors (Lipinski definition) is 3. The predicted octanol–water partition coefficient (Wildman–Crippen LogP) is 1.07. The van der Waals surface area contributed by atoms with Crippen molar-refractivity contribution < 1.29 is 14.7 Å². The fourth-order valence-electron chi connectivity index (χ4n) is 3.26. The fraction of sp³-hybridized carbons (Fsp3) is 0.857. The van der Waals surface area contributed by atoms with Crippen LogP contribution in [0.4, 0.5) is 4.79 Å². The van der Waals surface area contributed by atoms with E-state index in [9.17, 15) is 9.59 Å². The second-order valence-electron chi connectivity index (χ2n) is 5.80. The zero-order chi connectivity index (χ0) is 14.7. The molecule has 0 bridgehead atoms. The Morgan fingerprint density at radius 1 is 1.35 bits per heavy atom. The number of aliphatic carboxylic acids is 1. The summed E-state index contributed by atoms with van der Waals surface area (Å²) in [6.45, 7) is 7.70. The van der Waals surface area contributed by atoms with E-state index in [1.165, 1.54) is 6.42 Å². The lowest BCUT2D eigenvalue weighted by atomic mass is 10.1. The van der Waals surface area contributed by atoms with Crippen LogP contribution in [0.25, 0.3) is 0 Å².